The SMILES string of the molecule is O=c1[nH]cccc1-c1cc(Cl)cc(C(F)(F)F)c1. The maximum atomic E-state index is 12.6. The number of alkyl halides is 3. The molecule has 6 heteroatoms. The first-order chi connectivity index (χ1) is 8.38. The van der Waals surface area contributed by atoms with Crippen LogP contribution in [0.4, 0.5) is 13.2 Å². The van der Waals surface area contributed by atoms with E-state index in [1.807, 2.05) is 0 Å². The Hall–Kier alpha value is -1.75. The average Bonchev–Trinajstić information content (AvgIpc) is 2.27. The third-order valence-electron chi connectivity index (χ3n) is 2.35. The van der Waals surface area contributed by atoms with E-state index >= 15 is 0 Å². The fraction of sp³-hybridized carbons (Fsp3) is 0.0833. The van der Waals surface area contributed by atoms with Gasteiger partial charge in [0.1, 0.15) is 0 Å². The first kappa shape index (κ1) is 12.7. The summed E-state index contributed by atoms with van der Waals surface area (Å²) in [6.07, 6.45) is -3.09. The van der Waals surface area contributed by atoms with Crippen LogP contribution in [0.5, 0.6) is 0 Å². The lowest BCUT2D eigenvalue weighted by molar-refractivity contribution is -0.137. The van der Waals surface area contributed by atoms with E-state index in [9.17, 15) is 18.0 Å². The molecule has 0 aliphatic heterocycles. The number of benzene rings is 1. The summed E-state index contributed by atoms with van der Waals surface area (Å²) < 4.78 is 37.9. The van der Waals surface area contributed by atoms with Crippen LogP contribution >= 0.6 is 11.6 Å². The molecular weight excluding hydrogens is 267 g/mol. The van der Waals surface area contributed by atoms with Gasteiger partial charge in [-0.15, -0.1) is 0 Å². The van der Waals surface area contributed by atoms with Crippen molar-refractivity contribution in [2.75, 3.05) is 0 Å². The molecule has 1 aromatic heterocycles. The quantitative estimate of drug-likeness (QED) is 0.844. The van der Waals surface area contributed by atoms with Gasteiger partial charge in [-0.05, 0) is 35.9 Å². The van der Waals surface area contributed by atoms with E-state index in [2.05, 4.69) is 4.98 Å². The van der Waals surface area contributed by atoms with Gasteiger partial charge in [-0.2, -0.15) is 13.2 Å². The molecule has 0 aliphatic rings. The molecule has 0 bridgehead atoms. The summed E-state index contributed by atoms with van der Waals surface area (Å²) in [5.41, 5.74) is -1.07. The molecule has 2 rings (SSSR count). The van der Waals surface area contributed by atoms with Crippen molar-refractivity contribution in [1.29, 1.82) is 0 Å². The molecule has 0 spiro atoms. The third kappa shape index (κ3) is 2.56. The zero-order chi connectivity index (χ0) is 13.3. The Kier molecular flexibility index (Phi) is 3.17. The van der Waals surface area contributed by atoms with E-state index in [0.29, 0.717) is 0 Å². The Morgan fingerprint density at radius 1 is 1.17 bits per heavy atom. The highest BCUT2D eigenvalue weighted by molar-refractivity contribution is 6.31. The van der Waals surface area contributed by atoms with Crippen LogP contribution in [-0.4, -0.2) is 4.98 Å². The Balaban J connectivity index is 2.63. The molecule has 2 nitrogen and oxygen atoms in total. The van der Waals surface area contributed by atoms with Gasteiger partial charge in [-0.3, -0.25) is 4.79 Å². The zero-order valence-electron chi connectivity index (χ0n) is 8.88. The molecule has 1 N–H and O–H groups in total. The lowest BCUT2D eigenvalue weighted by Crippen LogP contribution is -2.09. The van der Waals surface area contributed by atoms with Crippen LogP contribution in [0, 0.1) is 0 Å². The van der Waals surface area contributed by atoms with Gasteiger partial charge in [0.2, 0.25) is 0 Å². The summed E-state index contributed by atoms with van der Waals surface area (Å²) in [5.74, 6) is 0. The molecule has 0 fully saturated rings. The summed E-state index contributed by atoms with van der Waals surface area (Å²) in [4.78, 5) is 13.9. The third-order valence-corrected chi connectivity index (χ3v) is 2.57. The number of H-pyrrole nitrogens is 1. The number of aromatic nitrogens is 1. The second kappa shape index (κ2) is 4.49. The van der Waals surface area contributed by atoms with E-state index < -0.39 is 17.3 Å². The molecular formula is C12H7ClF3NO. The van der Waals surface area contributed by atoms with E-state index in [-0.39, 0.29) is 16.1 Å². The molecule has 0 saturated carbocycles. The van der Waals surface area contributed by atoms with E-state index in [0.717, 1.165) is 12.1 Å². The molecule has 0 atom stereocenters. The monoisotopic (exact) mass is 273 g/mol. The fourth-order valence-corrected chi connectivity index (χ4v) is 1.79. The number of halogens is 4. The molecule has 0 aliphatic carbocycles. The molecule has 1 heterocycles. The molecule has 1 aromatic carbocycles. The fourth-order valence-electron chi connectivity index (χ4n) is 1.56. The van der Waals surface area contributed by atoms with Crippen LogP contribution in [0.3, 0.4) is 0 Å². The van der Waals surface area contributed by atoms with Gasteiger partial charge in [-0.1, -0.05) is 11.6 Å². The maximum Gasteiger partial charge on any atom is 0.416 e. The number of rotatable bonds is 1. The van der Waals surface area contributed by atoms with Gasteiger partial charge >= 0.3 is 6.18 Å². The highest BCUT2D eigenvalue weighted by atomic mass is 35.5. The minimum Gasteiger partial charge on any atom is -0.329 e. The largest absolute Gasteiger partial charge is 0.416 e. The average molecular weight is 274 g/mol. The van der Waals surface area contributed by atoms with Crippen LogP contribution in [0.2, 0.25) is 5.02 Å². The minimum atomic E-state index is -4.50. The Labute approximate surface area is 105 Å². The lowest BCUT2D eigenvalue weighted by atomic mass is 10.0. The van der Waals surface area contributed by atoms with Crippen LogP contribution in [0.25, 0.3) is 11.1 Å². The zero-order valence-corrected chi connectivity index (χ0v) is 9.64. The summed E-state index contributed by atoms with van der Waals surface area (Å²) in [5, 5.41) is -0.0666. The Bertz CT molecular complexity index is 634. The Morgan fingerprint density at radius 2 is 1.89 bits per heavy atom. The number of hydrogen-bond acceptors (Lipinski definition) is 1. The highest BCUT2D eigenvalue weighted by Gasteiger charge is 2.31. The van der Waals surface area contributed by atoms with Gasteiger partial charge in [0.05, 0.1) is 5.56 Å². The van der Waals surface area contributed by atoms with Crippen molar-refractivity contribution in [3.05, 3.63) is 57.5 Å². The second-order valence-electron chi connectivity index (χ2n) is 3.64. The van der Waals surface area contributed by atoms with Gasteiger partial charge in [0.25, 0.3) is 5.56 Å². The smallest absolute Gasteiger partial charge is 0.329 e. The topological polar surface area (TPSA) is 32.9 Å². The van der Waals surface area contributed by atoms with E-state index in [1.165, 1.54) is 24.4 Å². The molecule has 0 unspecified atom stereocenters. The van der Waals surface area contributed by atoms with Crippen molar-refractivity contribution in [1.82, 2.24) is 4.98 Å². The normalized spacial score (nSPS) is 11.6. The summed E-state index contributed by atoms with van der Waals surface area (Å²) in [6, 6.07) is 6.01. The molecule has 0 radical (unpaired) electrons. The highest BCUT2D eigenvalue weighted by Crippen LogP contribution is 2.33. The predicted octanol–water partition coefficient (Wildman–Crippen LogP) is 3.71. The number of aromatic amines is 1. The molecule has 94 valence electrons. The van der Waals surface area contributed by atoms with Crippen LogP contribution in [-0.2, 0) is 6.18 Å². The van der Waals surface area contributed by atoms with Gasteiger partial charge in [0, 0.05) is 16.8 Å². The van der Waals surface area contributed by atoms with Crippen molar-refractivity contribution in [3.63, 3.8) is 0 Å². The van der Waals surface area contributed by atoms with Crippen molar-refractivity contribution in [2.24, 2.45) is 0 Å². The van der Waals surface area contributed by atoms with Crippen LogP contribution < -0.4 is 5.56 Å². The Morgan fingerprint density at radius 3 is 2.50 bits per heavy atom. The van der Waals surface area contributed by atoms with Crippen molar-refractivity contribution < 1.29 is 13.2 Å². The summed E-state index contributed by atoms with van der Waals surface area (Å²) >= 11 is 5.65. The number of hydrogen-bond donors (Lipinski definition) is 1. The van der Waals surface area contributed by atoms with Gasteiger partial charge < -0.3 is 4.98 Å². The first-order valence-electron chi connectivity index (χ1n) is 4.94. The van der Waals surface area contributed by atoms with Crippen LogP contribution in [0.15, 0.2) is 41.3 Å². The second-order valence-corrected chi connectivity index (χ2v) is 4.08. The summed E-state index contributed by atoms with van der Waals surface area (Å²) in [7, 11) is 0. The summed E-state index contributed by atoms with van der Waals surface area (Å²) in [6.45, 7) is 0. The van der Waals surface area contributed by atoms with Gasteiger partial charge in [0.15, 0.2) is 0 Å². The van der Waals surface area contributed by atoms with E-state index in [4.69, 9.17) is 11.6 Å². The van der Waals surface area contributed by atoms with Gasteiger partial charge in [-0.25, -0.2) is 0 Å². The number of nitrogens with one attached hydrogen (secondary N) is 1. The molecule has 18 heavy (non-hydrogen) atoms. The molecule has 0 amide bonds. The first-order valence-corrected chi connectivity index (χ1v) is 5.31. The predicted molar refractivity (Wildman–Crippen MR) is 62.5 cm³/mol. The van der Waals surface area contributed by atoms with Crippen molar-refractivity contribution in [3.8, 4) is 11.1 Å². The lowest BCUT2D eigenvalue weighted by Gasteiger charge is -2.09. The van der Waals surface area contributed by atoms with Crippen molar-refractivity contribution >= 4 is 11.6 Å². The van der Waals surface area contributed by atoms with Crippen LogP contribution in [0.1, 0.15) is 5.56 Å². The molecule has 2 aromatic rings. The maximum absolute atomic E-state index is 12.6. The van der Waals surface area contributed by atoms with E-state index in [1.54, 1.807) is 0 Å². The minimum absolute atomic E-state index is 0.0666. The van der Waals surface area contributed by atoms with Crippen molar-refractivity contribution in [2.45, 2.75) is 6.18 Å². The number of pyridine rings is 1. The molecule has 0 saturated heterocycles. The standard InChI is InChI=1S/C12H7ClF3NO/c13-9-5-7(4-8(6-9)12(14,15)16)10-2-1-3-17-11(10)18/h1-6H,(H,17,18).